The van der Waals surface area contributed by atoms with E-state index in [0.29, 0.717) is 0 Å². The average Bonchev–Trinajstić information content (AvgIpc) is 2.77. The molecule has 1 N–H and O–H groups in total. The van der Waals surface area contributed by atoms with Gasteiger partial charge in [0, 0.05) is 6.54 Å². The Morgan fingerprint density at radius 3 is 2.06 bits per heavy atom. The first-order valence-electron chi connectivity index (χ1n) is 5.37. The van der Waals surface area contributed by atoms with Gasteiger partial charge in [0.15, 0.2) is 0 Å². The molecule has 0 bridgehead atoms. The van der Waals surface area contributed by atoms with Crippen molar-refractivity contribution in [1.29, 1.82) is 0 Å². The Hall–Kier alpha value is -1.10. The molecule has 16 heavy (non-hydrogen) atoms. The molecule has 1 unspecified atom stereocenters. The molecule has 0 amide bonds. The first-order chi connectivity index (χ1) is 7.17. The monoisotopic (exact) mass is 229 g/mol. The normalized spacial score (nSPS) is 24.1. The fraction of sp³-hybridized carbons (Fsp3) is 0.818. The Morgan fingerprint density at radius 1 is 1.25 bits per heavy atom. The maximum Gasteiger partial charge on any atom is 0.339 e. The second-order valence-electron chi connectivity index (χ2n) is 5.21. The lowest BCUT2D eigenvalue weighted by Crippen LogP contribution is -2.44. The molecule has 5 nitrogen and oxygen atoms in total. The Kier molecular flexibility index (Phi) is 3.28. The first kappa shape index (κ1) is 13.0. The highest BCUT2D eigenvalue weighted by molar-refractivity contribution is 6.08. The lowest BCUT2D eigenvalue weighted by molar-refractivity contribution is -0.167. The minimum Gasteiger partial charge on any atom is -0.461 e. The third-order valence-corrected chi connectivity index (χ3v) is 1.97. The Morgan fingerprint density at radius 2 is 1.75 bits per heavy atom. The lowest BCUT2D eigenvalue weighted by Gasteiger charge is -2.22. The minimum absolute atomic E-state index is 0.241. The summed E-state index contributed by atoms with van der Waals surface area (Å²) in [6.45, 7) is 9.04. The van der Waals surface area contributed by atoms with Gasteiger partial charge in [0.1, 0.15) is 5.60 Å². The van der Waals surface area contributed by atoms with E-state index < -0.39 is 23.1 Å². The van der Waals surface area contributed by atoms with Crippen LogP contribution in [0, 0.1) is 0 Å². The molecule has 0 spiro atoms. The molecule has 1 aliphatic heterocycles. The molecule has 0 saturated carbocycles. The van der Waals surface area contributed by atoms with Crippen LogP contribution in [0.2, 0.25) is 0 Å². The van der Waals surface area contributed by atoms with E-state index in [2.05, 4.69) is 5.32 Å². The van der Waals surface area contributed by atoms with E-state index in [-0.39, 0.29) is 12.6 Å². The van der Waals surface area contributed by atoms with Gasteiger partial charge in [-0.25, -0.2) is 9.59 Å². The standard InChI is InChI=1S/C11H19NO4/c1-7(2)15-8(13)11(6-12-11)9(14)16-10(3,4)5/h7,12H,6H2,1-5H3. The fourth-order valence-corrected chi connectivity index (χ4v) is 1.14. The number of nitrogens with one attached hydrogen (secondary N) is 1. The van der Waals surface area contributed by atoms with Crippen LogP contribution in [0.15, 0.2) is 0 Å². The number of ether oxygens (including phenoxy) is 2. The van der Waals surface area contributed by atoms with Crippen molar-refractivity contribution >= 4 is 11.9 Å². The molecule has 1 rings (SSSR count). The van der Waals surface area contributed by atoms with E-state index >= 15 is 0 Å². The van der Waals surface area contributed by atoms with Crippen molar-refractivity contribution in [2.75, 3.05) is 6.54 Å². The summed E-state index contributed by atoms with van der Waals surface area (Å²) in [5, 5.41) is 2.73. The summed E-state index contributed by atoms with van der Waals surface area (Å²) >= 11 is 0. The van der Waals surface area contributed by atoms with Crippen molar-refractivity contribution in [1.82, 2.24) is 5.32 Å². The van der Waals surface area contributed by atoms with E-state index in [1.54, 1.807) is 34.6 Å². The molecule has 1 atom stereocenters. The van der Waals surface area contributed by atoms with Crippen molar-refractivity contribution in [2.45, 2.75) is 51.9 Å². The van der Waals surface area contributed by atoms with Gasteiger partial charge in [0.2, 0.25) is 5.54 Å². The second kappa shape index (κ2) is 4.05. The molecule has 5 heteroatoms. The lowest BCUT2D eigenvalue weighted by atomic mass is 10.1. The van der Waals surface area contributed by atoms with Crippen LogP contribution in [0.5, 0.6) is 0 Å². The molecule has 1 aliphatic rings. The third kappa shape index (κ3) is 2.95. The Bertz CT molecular complexity index is 300. The summed E-state index contributed by atoms with van der Waals surface area (Å²) < 4.78 is 10.2. The number of hydrogen-bond donors (Lipinski definition) is 1. The smallest absolute Gasteiger partial charge is 0.339 e. The molecule has 1 heterocycles. The summed E-state index contributed by atoms with van der Waals surface area (Å²) in [5.41, 5.74) is -1.87. The first-order valence-corrected chi connectivity index (χ1v) is 5.37. The summed E-state index contributed by atoms with van der Waals surface area (Å²) in [6, 6.07) is 0. The second-order valence-corrected chi connectivity index (χ2v) is 5.21. The van der Waals surface area contributed by atoms with Crippen molar-refractivity contribution in [3.05, 3.63) is 0 Å². The summed E-state index contributed by atoms with van der Waals surface area (Å²) in [7, 11) is 0. The Labute approximate surface area is 95.5 Å². The van der Waals surface area contributed by atoms with Crippen molar-refractivity contribution < 1.29 is 19.1 Å². The maximum absolute atomic E-state index is 11.8. The largest absolute Gasteiger partial charge is 0.461 e. The number of carbonyl (C=O) groups excluding carboxylic acids is 2. The average molecular weight is 229 g/mol. The molecular formula is C11H19NO4. The van der Waals surface area contributed by atoms with Gasteiger partial charge in [-0.15, -0.1) is 0 Å². The van der Waals surface area contributed by atoms with E-state index in [4.69, 9.17) is 9.47 Å². The van der Waals surface area contributed by atoms with Crippen LogP contribution in [-0.2, 0) is 19.1 Å². The quantitative estimate of drug-likeness (QED) is 0.436. The molecule has 92 valence electrons. The number of esters is 2. The van der Waals surface area contributed by atoms with Crippen molar-refractivity contribution in [3.63, 3.8) is 0 Å². The highest BCUT2D eigenvalue weighted by Gasteiger charge is 2.60. The summed E-state index contributed by atoms with van der Waals surface area (Å²) in [4.78, 5) is 23.5. The molecular weight excluding hydrogens is 210 g/mol. The Balaban J connectivity index is 2.65. The summed E-state index contributed by atoms with van der Waals surface area (Å²) in [5.74, 6) is -1.12. The van der Waals surface area contributed by atoms with Gasteiger partial charge >= 0.3 is 11.9 Å². The third-order valence-electron chi connectivity index (χ3n) is 1.97. The zero-order valence-electron chi connectivity index (χ0n) is 10.4. The van der Waals surface area contributed by atoms with Crippen molar-refractivity contribution in [3.8, 4) is 0 Å². The van der Waals surface area contributed by atoms with E-state index in [1.807, 2.05) is 0 Å². The van der Waals surface area contributed by atoms with Gasteiger partial charge in [-0.05, 0) is 34.6 Å². The van der Waals surface area contributed by atoms with Crippen LogP contribution in [0.3, 0.4) is 0 Å². The SMILES string of the molecule is CC(C)OC(=O)C1(C(=O)OC(C)(C)C)CN1. The molecule has 0 aromatic carbocycles. The highest BCUT2D eigenvalue weighted by Crippen LogP contribution is 2.24. The topological polar surface area (TPSA) is 74.5 Å². The predicted molar refractivity (Wildman–Crippen MR) is 57.8 cm³/mol. The van der Waals surface area contributed by atoms with Gasteiger partial charge < -0.3 is 9.47 Å². The van der Waals surface area contributed by atoms with E-state index in [1.165, 1.54) is 0 Å². The maximum atomic E-state index is 11.8. The molecule has 1 saturated heterocycles. The van der Waals surface area contributed by atoms with Crippen LogP contribution in [0.25, 0.3) is 0 Å². The van der Waals surface area contributed by atoms with Crippen LogP contribution in [0.4, 0.5) is 0 Å². The number of rotatable bonds is 3. The minimum atomic E-state index is -1.27. The van der Waals surface area contributed by atoms with Crippen molar-refractivity contribution in [2.24, 2.45) is 0 Å². The van der Waals surface area contributed by atoms with Crippen LogP contribution < -0.4 is 5.32 Å². The molecule has 0 aromatic heterocycles. The molecule has 0 aromatic rings. The van der Waals surface area contributed by atoms with E-state index in [9.17, 15) is 9.59 Å². The zero-order valence-corrected chi connectivity index (χ0v) is 10.4. The molecule has 0 aliphatic carbocycles. The fourth-order valence-electron chi connectivity index (χ4n) is 1.14. The van der Waals surface area contributed by atoms with Gasteiger partial charge in [0.05, 0.1) is 6.10 Å². The highest BCUT2D eigenvalue weighted by atomic mass is 16.6. The van der Waals surface area contributed by atoms with E-state index in [0.717, 1.165) is 0 Å². The predicted octanol–water partition coefficient (Wildman–Crippen LogP) is 0.622. The molecule has 1 fully saturated rings. The van der Waals surface area contributed by atoms with Crippen LogP contribution in [0.1, 0.15) is 34.6 Å². The van der Waals surface area contributed by atoms with Gasteiger partial charge in [-0.2, -0.15) is 0 Å². The van der Waals surface area contributed by atoms with Gasteiger partial charge in [-0.3, -0.25) is 5.32 Å². The number of hydrogen-bond acceptors (Lipinski definition) is 5. The van der Waals surface area contributed by atoms with Gasteiger partial charge in [-0.1, -0.05) is 0 Å². The molecule has 0 radical (unpaired) electrons. The van der Waals surface area contributed by atoms with Crippen LogP contribution >= 0.6 is 0 Å². The van der Waals surface area contributed by atoms with Crippen LogP contribution in [-0.4, -0.2) is 35.7 Å². The number of carbonyl (C=O) groups is 2. The zero-order chi connectivity index (χ0) is 12.6. The summed E-state index contributed by atoms with van der Waals surface area (Å²) in [6.07, 6.45) is -0.241. The van der Waals surface area contributed by atoms with Gasteiger partial charge in [0.25, 0.3) is 0 Å².